The summed E-state index contributed by atoms with van der Waals surface area (Å²) in [7, 11) is 0. The second-order valence-electron chi connectivity index (χ2n) is 6.93. The highest BCUT2D eigenvalue weighted by Gasteiger charge is 2.38. The van der Waals surface area contributed by atoms with Crippen LogP contribution >= 0.6 is 0 Å². The highest BCUT2D eigenvalue weighted by atomic mass is 16.2. The van der Waals surface area contributed by atoms with Gasteiger partial charge in [-0.15, -0.1) is 0 Å². The second-order valence-corrected chi connectivity index (χ2v) is 6.93. The maximum Gasteiger partial charge on any atom is 0.254 e. The lowest BCUT2D eigenvalue weighted by Crippen LogP contribution is -2.43. The van der Waals surface area contributed by atoms with Crippen molar-refractivity contribution in [1.82, 2.24) is 4.90 Å². The van der Waals surface area contributed by atoms with Crippen molar-refractivity contribution in [3.05, 3.63) is 35.4 Å². The monoisotopic (exact) mass is 300 g/mol. The molecule has 2 aliphatic rings. The summed E-state index contributed by atoms with van der Waals surface area (Å²) in [6.45, 7) is 2.82. The number of amides is 1. The van der Waals surface area contributed by atoms with E-state index in [2.05, 4.69) is 11.8 Å². The molecule has 0 unspecified atom stereocenters. The van der Waals surface area contributed by atoms with Crippen molar-refractivity contribution < 1.29 is 4.79 Å². The van der Waals surface area contributed by atoms with Crippen molar-refractivity contribution in [3.8, 4) is 0 Å². The maximum absolute atomic E-state index is 13.0. The fourth-order valence-electron chi connectivity index (χ4n) is 3.75. The summed E-state index contributed by atoms with van der Waals surface area (Å²) >= 11 is 0. The van der Waals surface area contributed by atoms with E-state index in [1.54, 1.807) is 0 Å². The van der Waals surface area contributed by atoms with Crippen LogP contribution in [0.1, 0.15) is 67.8 Å². The molecule has 0 heterocycles. The molecule has 3 heteroatoms. The van der Waals surface area contributed by atoms with E-state index in [0.717, 1.165) is 17.0 Å². The molecule has 0 spiro atoms. The minimum Gasteiger partial charge on any atom is -0.333 e. The summed E-state index contributed by atoms with van der Waals surface area (Å²) in [5.74, 6) is 1.10. The molecule has 120 valence electrons. The lowest BCUT2D eigenvalue weighted by Gasteiger charge is -2.37. The Hall–Kier alpha value is -1.35. The van der Waals surface area contributed by atoms with Crippen molar-refractivity contribution in [2.45, 2.75) is 70.5 Å². The van der Waals surface area contributed by atoms with Gasteiger partial charge in [0, 0.05) is 24.2 Å². The van der Waals surface area contributed by atoms with Gasteiger partial charge in [-0.3, -0.25) is 4.79 Å². The van der Waals surface area contributed by atoms with Gasteiger partial charge in [0.05, 0.1) is 0 Å². The van der Waals surface area contributed by atoms with Gasteiger partial charge in [0.25, 0.3) is 5.91 Å². The predicted molar refractivity (Wildman–Crippen MR) is 89.6 cm³/mol. The Morgan fingerprint density at radius 2 is 1.59 bits per heavy atom. The van der Waals surface area contributed by atoms with Gasteiger partial charge >= 0.3 is 0 Å². The van der Waals surface area contributed by atoms with Crippen LogP contribution in [-0.2, 0) is 6.54 Å². The van der Waals surface area contributed by atoms with E-state index >= 15 is 0 Å². The standard InChI is InChI=1S/C19H28N2O/c1-2-14-5-9-17(10-6-14)21(18-11-12-18)19(22)16-7-3-15(13-20)4-8-16/h3-4,7-8,14,17-18H,2,5-6,9-13,20H2,1H3. The molecular formula is C19H28N2O. The molecule has 22 heavy (non-hydrogen) atoms. The highest BCUT2D eigenvalue weighted by Crippen LogP contribution is 2.37. The number of hydrogen-bond acceptors (Lipinski definition) is 2. The Bertz CT molecular complexity index is 499. The average molecular weight is 300 g/mol. The first-order valence-corrected chi connectivity index (χ1v) is 8.84. The Morgan fingerprint density at radius 1 is 1.05 bits per heavy atom. The van der Waals surface area contributed by atoms with E-state index in [0.29, 0.717) is 18.6 Å². The van der Waals surface area contributed by atoms with Crippen LogP contribution in [-0.4, -0.2) is 22.9 Å². The van der Waals surface area contributed by atoms with Gasteiger partial charge in [-0.1, -0.05) is 25.5 Å². The van der Waals surface area contributed by atoms with Crippen molar-refractivity contribution in [2.75, 3.05) is 0 Å². The number of carbonyl (C=O) groups excluding carboxylic acids is 1. The molecule has 0 radical (unpaired) electrons. The summed E-state index contributed by atoms with van der Waals surface area (Å²) < 4.78 is 0. The zero-order valence-electron chi connectivity index (χ0n) is 13.6. The molecule has 0 aliphatic heterocycles. The van der Waals surface area contributed by atoms with Gasteiger partial charge in [-0.2, -0.15) is 0 Å². The number of nitrogens with two attached hydrogens (primary N) is 1. The van der Waals surface area contributed by atoms with Gasteiger partial charge in [0.2, 0.25) is 0 Å². The van der Waals surface area contributed by atoms with E-state index in [4.69, 9.17) is 5.73 Å². The minimum absolute atomic E-state index is 0.228. The SMILES string of the molecule is CCC1CCC(N(C(=O)c2ccc(CN)cc2)C2CC2)CC1. The molecule has 0 bridgehead atoms. The van der Waals surface area contributed by atoms with E-state index in [1.807, 2.05) is 24.3 Å². The quantitative estimate of drug-likeness (QED) is 0.901. The molecule has 2 saturated carbocycles. The van der Waals surface area contributed by atoms with Gasteiger partial charge in [-0.05, 0) is 62.1 Å². The first-order chi connectivity index (χ1) is 10.7. The molecule has 2 fully saturated rings. The average Bonchev–Trinajstić information content (AvgIpc) is 3.40. The van der Waals surface area contributed by atoms with E-state index < -0.39 is 0 Å². The van der Waals surface area contributed by atoms with Gasteiger partial charge in [0.15, 0.2) is 0 Å². The normalized spacial score (nSPS) is 25.0. The van der Waals surface area contributed by atoms with E-state index in [9.17, 15) is 4.79 Å². The van der Waals surface area contributed by atoms with Crippen molar-refractivity contribution >= 4 is 5.91 Å². The zero-order chi connectivity index (χ0) is 15.5. The Labute approximate surface area is 133 Å². The molecule has 1 aromatic rings. The Balaban J connectivity index is 1.71. The second kappa shape index (κ2) is 6.82. The molecule has 1 aromatic carbocycles. The van der Waals surface area contributed by atoms with Crippen LogP contribution in [0.25, 0.3) is 0 Å². The molecule has 3 rings (SSSR count). The summed E-state index contributed by atoms with van der Waals surface area (Å²) in [6.07, 6.45) is 8.57. The van der Waals surface area contributed by atoms with Crippen LogP contribution < -0.4 is 5.73 Å². The summed E-state index contributed by atoms with van der Waals surface area (Å²) in [5, 5.41) is 0. The van der Waals surface area contributed by atoms with E-state index in [-0.39, 0.29) is 5.91 Å². The molecular weight excluding hydrogens is 272 g/mol. The van der Waals surface area contributed by atoms with Gasteiger partial charge in [-0.25, -0.2) is 0 Å². The first kappa shape index (κ1) is 15.5. The van der Waals surface area contributed by atoms with E-state index in [1.165, 1.54) is 44.9 Å². The summed E-state index contributed by atoms with van der Waals surface area (Å²) in [4.78, 5) is 15.2. The first-order valence-electron chi connectivity index (χ1n) is 8.84. The molecule has 0 atom stereocenters. The van der Waals surface area contributed by atoms with Crippen LogP contribution in [0.5, 0.6) is 0 Å². The third-order valence-corrected chi connectivity index (χ3v) is 5.40. The molecule has 3 nitrogen and oxygen atoms in total. The number of carbonyl (C=O) groups is 1. The van der Waals surface area contributed by atoms with Crippen LogP contribution in [0, 0.1) is 5.92 Å². The molecule has 2 aliphatic carbocycles. The third-order valence-electron chi connectivity index (χ3n) is 5.40. The van der Waals surface area contributed by atoms with Crippen molar-refractivity contribution in [3.63, 3.8) is 0 Å². The molecule has 2 N–H and O–H groups in total. The fraction of sp³-hybridized carbons (Fsp3) is 0.632. The van der Waals surface area contributed by atoms with Crippen molar-refractivity contribution in [2.24, 2.45) is 11.7 Å². The molecule has 0 saturated heterocycles. The summed E-state index contributed by atoms with van der Waals surface area (Å²) in [6, 6.07) is 8.79. The number of nitrogens with zero attached hydrogens (tertiary/aromatic N) is 1. The lowest BCUT2D eigenvalue weighted by atomic mass is 9.83. The smallest absolute Gasteiger partial charge is 0.254 e. The van der Waals surface area contributed by atoms with Crippen LogP contribution in [0.2, 0.25) is 0 Å². The highest BCUT2D eigenvalue weighted by molar-refractivity contribution is 5.94. The molecule has 1 amide bonds. The maximum atomic E-state index is 13.0. The van der Waals surface area contributed by atoms with Crippen LogP contribution in [0.15, 0.2) is 24.3 Å². The van der Waals surface area contributed by atoms with Gasteiger partial charge < -0.3 is 10.6 Å². The number of benzene rings is 1. The summed E-state index contributed by atoms with van der Waals surface area (Å²) in [5.41, 5.74) is 7.54. The molecule has 0 aromatic heterocycles. The largest absolute Gasteiger partial charge is 0.333 e. The number of hydrogen-bond donors (Lipinski definition) is 1. The van der Waals surface area contributed by atoms with Crippen molar-refractivity contribution in [1.29, 1.82) is 0 Å². The Morgan fingerprint density at radius 3 is 2.05 bits per heavy atom. The minimum atomic E-state index is 0.228. The van der Waals surface area contributed by atoms with Crippen LogP contribution in [0.3, 0.4) is 0 Å². The zero-order valence-corrected chi connectivity index (χ0v) is 13.6. The predicted octanol–water partition coefficient (Wildman–Crippen LogP) is 3.72. The fourth-order valence-corrected chi connectivity index (χ4v) is 3.75. The Kier molecular flexibility index (Phi) is 4.82. The lowest BCUT2D eigenvalue weighted by molar-refractivity contribution is 0.0587. The number of rotatable bonds is 5. The third kappa shape index (κ3) is 3.35. The van der Waals surface area contributed by atoms with Gasteiger partial charge in [0.1, 0.15) is 0 Å². The topological polar surface area (TPSA) is 46.3 Å². The van der Waals surface area contributed by atoms with Crippen LogP contribution in [0.4, 0.5) is 0 Å².